The molecule has 0 radical (unpaired) electrons. The van der Waals surface area contributed by atoms with E-state index in [1.165, 1.54) is 17.7 Å². The van der Waals surface area contributed by atoms with E-state index in [4.69, 9.17) is 0 Å². The molecule has 0 aliphatic carbocycles. The molecule has 1 heterocycles. The number of likely N-dealkylation sites (N-methyl/N-ethyl adjacent to an activating group) is 1. The van der Waals surface area contributed by atoms with Gasteiger partial charge in [-0.05, 0) is 45.7 Å². The molecule has 6 nitrogen and oxygen atoms in total. The Balaban J connectivity index is 1.98. The Morgan fingerprint density at radius 2 is 1.79 bits per heavy atom. The standard InChI is InChI=1S/C18H28N4O2/c1-18(2,3)20-16(23)13-21(4)17(24)19-14-9-5-6-10-15(14)22-11-7-8-12-22/h5-6,9-10H,7-8,11-13H2,1-4H3,(H,19,24)(H,20,23). The van der Waals surface area contributed by atoms with Crippen LogP contribution in [0.4, 0.5) is 16.2 Å². The van der Waals surface area contributed by atoms with Gasteiger partial charge >= 0.3 is 6.03 Å². The molecular weight excluding hydrogens is 304 g/mol. The lowest BCUT2D eigenvalue weighted by Crippen LogP contribution is -2.47. The quantitative estimate of drug-likeness (QED) is 0.891. The number of anilines is 2. The van der Waals surface area contributed by atoms with Crippen molar-refractivity contribution in [2.75, 3.05) is 36.9 Å². The molecule has 3 amide bonds. The Morgan fingerprint density at radius 1 is 1.17 bits per heavy atom. The van der Waals surface area contributed by atoms with Crippen LogP contribution in [0.3, 0.4) is 0 Å². The maximum atomic E-state index is 12.4. The maximum Gasteiger partial charge on any atom is 0.322 e. The normalized spacial score (nSPS) is 14.4. The van der Waals surface area contributed by atoms with E-state index in [0.29, 0.717) is 0 Å². The van der Waals surface area contributed by atoms with Crippen LogP contribution in [0.15, 0.2) is 24.3 Å². The van der Waals surface area contributed by atoms with Crippen LogP contribution in [0.2, 0.25) is 0 Å². The summed E-state index contributed by atoms with van der Waals surface area (Å²) in [6, 6.07) is 7.51. The second-order valence-electron chi connectivity index (χ2n) is 7.30. The zero-order chi connectivity index (χ0) is 17.7. The molecule has 0 aromatic heterocycles. The number of amides is 3. The molecule has 0 bridgehead atoms. The largest absolute Gasteiger partial charge is 0.370 e. The third-order valence-electron chi connectivity index (χ3n) is 3.83. The minimum atomic E-state index is -0.309. The van der Waals surface area contributed by atoms with Crippen LogP contribution in [0, 0.1) is 0 Å². The molecule has 6 heteroatoms. The van der Waals surface area contributed by atoms with Crippen LogP contribution < -0.4 is 15.5 Å². The average molecular weight is 332 g/mol. The SMILES string of the molecule is CN(CC(=O)NC(C)(C)C)C(=O)Nc1ccccc1N1CCCC1. The Hall–Kier alpha value is -2.24. The summed E-state index contributed by atoms with van der Waals surface area (Å²) in [4.78, 5) is 28.0. The number of hydrogen-bond acceptors (Lipinski definition) is 3. The van der Waals surface area contributed by atoms with Crippen molar-refractivity contribution >= 4 is 23.3 Å². The first-order valence-corrected chi connectivity index (χ1v) is 8.43. The number of hydrogen-bond donors (Lipinski definition) is 2. The number of nitrogens with zero attached hydrogens (tertiary/aromatic N) is 2. The van der Waals surface area contributed by atoms with Gasteiger partial charge in [0.1, 0.15) is 6.54 Å². The summed E-state index contributed by atoms with van der Waals surface area (Å²) in [6.07, 6.45) is 2.35. The molecule has 1 aliphatic rings. The molecule has 1 saturated heterocycles. The van der Waals surface area contributed by atoms with Gasteiger partial charge in [-0.15, -0.1) is 0 Å². The minimum absolute atomic E-state index is 0.0228. The van der Waals surface area contributed by atoms with E-state index in [9.17, 15) is 9.59 Å². The van der Waals surface area contributed by atoms with Crippen molar-refractivity contribution in [3.05, 3.63) is 24.3 Å². The first kappa shape index (κ1) is 18.1. The molecule has 1 aromatic carbocycles. The van der Waals surface area contributed by atoms with Gasteiger partial charge in [0.2, 0.25) is 5.91 Å². The second-order valence-corrected chi connectivity index (χ2v) is 7.30. The number of carbonyl (C=O) groups excluding carboxylic acids is 2. The van der Waals surface area contributed by atoms with E-state index >= 15 is 0 Å². The molecule has 24 heavy (non-hydrogen) atoms. The molecular formula is C18H28N4O2. The number of rotatable bonds is 4. The minimum Gasteiger partial charge on any atom is -0.370 e. The summed E-state index contributed by atoms with van der Waals surface area (Å²) >= 11 is 0. The van der Waals surface area contributed by atoms with E-state index in [1.807, 2.05) is 45.0 Å². The third kappa shape index (κ3) is 5.15. The third-order valence-corrected chi connectivity index (χ3v) is 3.83. The molecule has 0 spiro atoms. The van der Waals surface area contributed by atoms with Crippen LogP contribution in [0.25, 0.3) is 0 Å². The van der Waals surface area contributed by atoms with Gasteiger partial charge in [-0.2, -0.15) is 0 Å². The van der Waals surface area contributed by atoms with Crippen LogP contribution in [-0.4, -0.2) is 49.1 Å². The summed E-state index contributed by atoms with van der Waals surface area (Å²) in [5.74, 6) is -0.173. The Bertz CT molecular complexity index is 589. The second kappa shape index (κ2) is 7.55. The molecule has 1 aliphatic heterocycles. The van der Waals surface area contributed by atoms with Gasteiger partial charge < -0.3 is 20.4 Å². The van der Waals surface area contributed by atoms with Gasteiger partial charge in [-0.1, -0.05) is 12.1 Å². The van der Waals surface area contributed by atoms with Crippen molar-refractivity contribution in [3.8, 4) is 0 Å². The summed E-state index contributed by atoms with van der Waals surface area (Å²) in [5.41, 5.74) is 1.51. The monoisotopic (exact) mass is 332 g/mol. The van der Waals surface area contributed by atoms with E-state index in [1.54, 1.807) is 7.05 Å². The van der Waals surface area contributed by atoms with Gasteiger partial charge in [0, 0.05) is 25.7 Å². The lowest BCUT2D eigenvalue weighted by Gasteiger charge is -2.25. The zero-order valence-electron chi connectivity index (χ0n) is 15.1. The highest BCUT2D eigenvalue weighted by molar-refractivity contribution is 5.95. The Kier molecular flexibility index (Phi) is 5.70. The van der Waals surface area contributed by atoms with Gasteiger partial charge in [-0.3, -0.25) is 4.79 Å². The van der Waals surface area contributed by atoms with Crippen molar-refractivity contribution in [2.45, 2.75) is 39.2 Å². The first-order chi connectivity index (χ1) is 11.3. The van der Waals surface area contributed by atoms with E-state index in [0.717, 1.165) is 24.5 Å². The number of urea groups is 1. The maximum absolute atomic E-state index is 12.4. The summed E-state index contributed by atoms with van der Waals surface area (Å²) < 4.78 is 0. The lowest BCUT2D eigenvalue weighted by atomic mass is 10.1. The van der Waals surface area contributed by atoms with E-state index < -0.39 is 0 Å². The van der Waals surface area contributed by atoms with Gasteiger partial charge in [-0.25, -0.2) is 4.79 Å². The summed E-state index contributed by atoms with van der Waals surface area (Å²) in [6.45, 7) is 7.79. The fourth-order valence-corrected chi connectivity index (χ4v) is 2.77. The van der Waals surface area contributed by atoms with Crippen molar-refractivity contribution < 1.29 is 9.59 Å². The molecule has 0 unspecified atom stereocenters. The van der Waals surface area contributed by atoms with Gasteiger partial charge in [0.05, 0.1) is 11.4 Å². The molecule has 0 saturated carbocycles. The van der Waals surface area contributed by atoms with Crippen molar-refractivity contribution in [1.29, 1.82) is 0 Å². The first-order valence-electron chi connectivity index (χ1n) is 8.43. The molecule has 1 fully saturated rings. The van der Waals surface area contributed by atoms with Gasteiger partial charge in [0.15, 0.2) is 0 Å². The fraction of sp³-hybridized carbons (Fsp3) is 0.556. The Morgan fingerprint density at radius 3 is 2.42 bits per heavy atom. The van der Waals surface area contributed by atoms with Crippen LogP contribution in [-0.2, 0) is 4.79 Å². The summed E-state index contributed by atoms with van der Waals surface area (Å²) in [7, 11) is 1.62. The van der Waals surface area contributed by atoms with E-state index in [-0.39, 0.29) is 24.0 Å². The van der Waals surface area contributed by atoms with Crippen molar-refractivity contribution in [2.24, 2.45) is 0 Å². The lowest BCUT2D eigenvalue weighted by molar-refractivity contribution is -0.122. The summed E-state index contributed by atoms with van der Waals surface area (Å²) in [5, 5.41) is 5.78. The van der Waals surface area contributed by atoms with Crippen LogP contribution >= 0.6 is 0 Å². The zero-order valence-corrected chi connectivity index (χ0v) is 15.1. The van der Waals surface area contributed by atoms with Crippen LogP contribution in [0.5, 0.6) is 0 Å². The van der Waals surface area contributed by atoms with Crippen molar-refractivity contribution in [1.82, 2.24) is 10.2 Å². The highest BCUT2D eigenvalue weighted by atomic mass is 16.2. The number of carbonyl (C=O) groups is 2. The molecule has 1 aromatic rings. The predicted molar refractivity (Wildman–Crippen MR) is 97.4 cm³/mol. The molecule has 0 atom stereocenters. The number of para-hydroxylation sites is 2. The topological polar surface area (TPSA) is 64.7 Å². The molecule has 2 rings (SSSR count). The fourth-order valence-electron chi connectivity index (χ4n) is 2.77. The van der Waals surface area contributed by atoms with Crippen LogP contribution in [0.1, 0.15) is 33.6 Å². The van der Waals surface area contributed by atoms with Gasteiger partial charge in [0.25, 0.3) is 0 Å². The molecule has 2 N–H and O–H groups in total. The predicted octanol–water partition coefficient (Wildman–Crippen LogP) is 2.67. The smallest absolute Gasteiger partial charge is 0.322 e. The number of benzene rings is 1. The Labute approximate surface area is 144 Å². The average Bonchev–Trinajstić information content (AvgIpc) is 2.99. The van der Waals surface area contributed by atoms with E-state index in [2.05, 4.69) is 15.5 Å². The highest BCUT2D eigenvalue weighted by Crippen LogP contribution is 2.28. The number of nitrogens with one attached hydrogen (secondary N) is 2. The molecule has 132 valence electrons. The highest BCUT2D eigenvalue weighted by Gasteiger charge is 2.20. The van der Waals surface area contributed by atoms with Crippen molar-refractivity contribution in [3.63, 3.8) is 0 Å².